The molecule has 0 aromatic heterocycles. The van der Waals surface area contributed by atoms with Crippen molar-refractivity contribution >= 4 is 17.6 Å². The highest BCUT2D eigenvalue weighted by Crippen LogP contribution is 2.32. The zero-order chi connectivity index (χ0) is 10.1. The zero-order valence-electron chi connectivity index (χ0n) is 7.46. The maximum absolute atomic E-state index is 10.9. The first-order valence-electron chi connectivity index (χ1n) is 4.45. The Kier molecular flexibility index (Phi) is 2.44. The molecule has 0 bridgehead atoms. The summed E-state index contributed by atoms with van der Waals surface area (Å²) in [7, 11) is 0. The van der Waals surface area contributed by atoms with Crippen molar-refractivity contribution in [1.29, 1.82) is 0 Å². The molecule has 0 radical (unpaired) electrons. The molecule has 2 rings (SSSR count). The molecular weight excluding hydrogens is 202 g/mol. The van der Waals surface area contributed by atoms with Gasteiger partial charge in [0.1, 0.15) is 0 Å². The summed E-state index contributed by atoms with van der Waals surface area (Å²) in [5.41, 5.74) is 1.02. The summed E-state index contributed by atoms with van der Waals surface area (Å²) < 4.78 is 0. The first kappa shape index (κ1) is 9.49. The van der Waals surface area contributed by atoms with Crippen molar-refractivity contribution in [3.8, 4) is 0 Å². The number of halogens is 1. The molecule has 0 amide bonds. The molecule has 1 atom stereocenters. The van der Waals surface area contributed by atoms with Gasteiger partial charge >= 0.3 is 5.97 Å². The van der Waals surface area contributed by atoms with E-state index in [4.69, 9.17) is 16.7 Å². The molecular formula is C10H10ClNO2. The van der Waals surface area contributed by atoms with Crippen LogP contribution in [0.3, 0.4) is 0 Å². The van der Waals surface area contributed by atoms with Crippen molar-refractivity contribution in [1.82, 2.24) is 5.32 Å². The largest absolute Gasteiger partial charge is 0.478 e. The number of hydrogen-bond acceptors (Lipinski definition) is 2. The second kappa shape index (κ2) is 3.59. The van der Waals surface area contributed by atoms with Crippen molar-refractivity contribution < 1.29 is 9.90 Å². The Hall–Kier alpha value is -1.06. The third-order valence-corrected chi connectivity index (χ3v) is 2.79. The lowest BCUT2D eigenvalue weighted by Crippen LogP contribution is -2.36. The maximum Gasteiger partial charge on any atom is 0.336 e. The van der Waals surface area contributed by atoms with Gasteiger partial charge in [-0.25, -0.2) is 4.79 Å². The Bertz CT molecular complexity index is 374. The lowest BCUT2D eigenvalue weighted by atomic mass is 9.93. The molecule has 4 heteroatoms. The van der Waals surface area contributed by atoms with Crippen LogP contribution in [0, 0.1) is 0 Å². The number of hydrogen-bond donors (Lipinski definition) is 2. The van der Waals surface area contributed by atoms with E-state index < -0.39 is 5.97 Å². The van der Waals surface area contributed by atoms with Gasteiger partial charge in [-0.15, -0.1) is 0 Å². The molecule has 1 fully saturated rings. The monoisotopic (exact) mass is 211 g/mol. The van der Waals surface area contributed by atoms with Crippen LogP contribution in [0.2, 0.25) is 5.02 Å². The van der Waals surface area contributed by atoms with Gasteiger partial charge in [-0.3, -0.25) is 0 Å². The topological polar surface area (TPSA) is 49.3 Å². The van der Waals surface area contributed by atoms with Gasteiger partial charge in [-0.05, 0) is 25.1 Å². The number of rotatable bonds is 2. The predicted molar refractivity (Wildman–Crippen MR) is 53.8 cm³/mol. The van der Waals surface area contributed by atoms with Crippen LogP contribution in [0.5, 0.6) is 0 Å². The Balaban J connectivity index is 2.47. The lowest BCUT2D eigenvalue weighted by molar-refractivity contribution is 0.0694. The van der Waals surface area contributed by atoms with Crippen LogP contribution in [0.1, 0.15) is 28.4 Å². The number of carboxylic acids is 1. The van der Waals surface area contributed by atoms with Gasteiger partial charge in [-0.1, -0.05) is 17.7 Å². The molecule has 14 heavy (non-hydrogen) atoms. The molecule has 3 nitrogen and oxygen atoms in total. The van der Waals surface area contributed by atoms with Gasteiger partial charge in [0.2, 0.25) is 0 Å². The van der Waals surface area contributed by atoms with Crippen molar-refractivity contribution in [2.45, 2.75) is 12.5 Å². The van der Waals surface area contributed by atoms with E-state index in [0.29, 0.717) is 16.1 Å². The van der Waals surface area contributed by atoms with E-state index >= 15 is 0 Å². The second-order valence-corrected chi connectivity index (χ2v) is 3.71. The minimum Gasteiger partial charge on any atom is -0.478 e. The van der Waals surface area contributed by atoms with Crippen molar-refractivity contribution in [3.05, 3.63) is 34.3 Å². The maximum atomic E-state index is 10.9. The quantitative estimate of drug-likeness (QED) is 0.788. The summed E-state index contributed by atoms with van der Waals surface area (Å²) in [6, 6.07) is 5.08. The minimum absolute atomic E-state index is 0.106. The number of carboxylic acid groups (broad SMARTS) is 1. The minimum atomic E-state index is -0.920. The van der Waals surface area contributed by atoms with Crippen molar-refractivity contribution in [3.63, 3.8) is 0 Å². The van der Waals surface area contributed by atoms with Gasteiger partial charge in [0.15, 0.2) is 0 Å². The molecule has 1 aromatic rings. The molecule has 0 spiro atoms. The van der Waals surface area contributed by atoms with Crippen LogP contribution in [0.25, 0.3) is 0 Å². The lowest BCUT2D eigenvalue weighted by Gasteiger charge is -2.29. The van der Waals surface area contributed by atoms with E-state index in [0.717, 1.165) is 13.0 Å². The second-order valence-electron chi connectivity index (χ2n) is 3.30. The highest BCUT2D eigenvalue weighted by molar-refractivity contribution is 6.31. The molecule has 74 valence electrons. The van der Waals surface area contributed by atoms with Crippen LogP contribution in [-0.2, 0) is 0 Å². The standard InChI is InChI=1S/C10H10ClNO2/c11-7-3-1-2-6(10(13)14)9(7)8-4-5-12-8/h1-3,8,12H,4-5H2,(H,13,14)/t8-/m1/s1. The van der Waals surface area contributed by atoms with E-state index in [-0.39, 0.29) is 6.04 Å². The SMILES string of the molecule is O=C(O)c1cccc(Cl)c1[C@H]1CCN1. The third kappa shape index (κ3) is 1.49. The van der Waals surface area contributed by atoms with Gasteiger partial charge < -0.3 is 10.4 Å². The van der Waals surface area contributed by atoms with E-state index in [1.165, 1.54) is 0 Å². The normalized spacial score (nSPS) is 20.2. The highest BCUT2D eigenvalue weighted by atomic mass is 35.5. The molecule has 1 aliphatic rings. The Morgan fingerprint density at radius 1 is 1.57 bits per heavy atom. The summed E-state index contributed by atoms with van der Waals surface area (Å²) in [5, 5.41) is 12.7. The Morgan fingerprint density at radius 3 is 2.79 bits per heavy atom. The van der Waals surface area contributed by atoms with Crippen LogP contribution in [0.4, 0.5) is 0 Å². The number of aromatic carboxylic acids is 1. The molecule has 1 aromatic carbocycles. The molecule has 1 saturated heterocycles. The molecule has 0 unspecified atom stereocenters. The number of benzene rings is 1. The first-order chi connectivity index (χ1) is 6.70. The molecule has 0 aliphatic carbocycles. The van der Waals surface area contributed by atoms with E-state index in [9.17, 15) is 4.79 Å². The molecule has 1 aliphatic heterocycles. The Morgan fingerprint density at radius 2 is 2.29 bits per heavy atom. The predicted octanol–water partition coefficient (Wildman–Crippen LogP) is 2.07. The third-order valence-electron chi connectivity index (χ3n) is 2.46. The molecule has 2 N–H and O–H groups in total. The van der Waals surface area contributed by atoms with E-state index in [2.05, 4.69) is 5.32 Å². The molecule has 1 heterocycles. The Labute approximate surface area is 86.7 Å². The summed E-state index contributed by atoms with van der Waals surface area (Å²) in [6.07, 6.45) is 0.948. The summed E-state index contributed by atoms with van der Waals surface area (Å²) in [5.74, 6) is -0.920. The molecule has 0 saturated carbocycles. The van der Waals surface area contributed by atoms with Crippen LogP contribution < -0.4 is 5.32 Å². The van der Waals surface area contributed by atoms with E-state index in [1.54, 1.807) is 18.2 Å². The average Bonchev–Trinajstić information content (AvgIpc) is 2.04. The fourth-order valence-corrected chi connectivity index (χ4v) is 1.92. The van der Waals surface area contributed by atoms with Gasteiger partial charge in [0, 0.05) is 16.6 Å². The van der Waals surface area contributed by atoms with Crippen LogP contribution in [0.15, 0.2) is 18.2 Å². The fourth-order valence-electron chi connectivity index (χ4n) is 1.61. The fraction of sp³-hybridized carbons (Fsp3) is 0.300. The van der Waals surface area contributed by atoms with Gasteiger partial charge in [0.05, 0.1) is 5.56 Å². The summed E-state index contributed by atoms with van der Waals surface area (Å²) in [6.45, 7) is 0.926. The van der Waals surface area contributed by atoms with Crippen LogP contribution >= 0.6 is 11.6 Å². The zero-order valence-corrected chi connectivity index (χ0v) is 8.21. The highest BCUT2D eigenvalue weighted by Gasteiger charge is 2.25. The van der Waals surface area contributed by atoms with Crippen molar-refractivity contribution in [2.24, 2.45) is 0 Å². The summed E-state index contributed by atoms with van der Waals surface area (Å²) >= 11 is 5.98. The van der Waals surface area contributed by atoms with E-state index in [1.807, 2.05) is 0 Å². The van der Waals surface area contributed by atoms with Crippen LogP contribution in [-0.4, -0.2) is 17.6 Å². The smallest absolute Gasteiger partial charge is 0.336 e. The van der Waals surface area contributed by atoms with Gasteiger partial charge in [0.25, 0.3) is 0 Å². The average molecular weight is 212 g/mol. The van der Waals surface area contributed by atoms with Gasteiger partial charge in [-0.2, -0.15) is 0 Å². The number of carbonyl (C=O) groups is 1. The first-order valence-corrected chi connectivity index (χ1v) is 4.83. The summed E-state index contributed by atoms with van der Waals surface area (Å²) in [4.78, 5) is 10.9. The van der Waals surface area contributed by atoms with Crippen molar-refractivity contribution in [2.75, 3.05) is 6.54 Å². The number of nitrogens with one attached hydrogen (secondary N) is 1.